The van der Waals surface area contributed by atoms with E-state index >= 15 is 0 Å². The van der Waals surface area contributed by atoms with Gasteiger partial charge in [0.15, 0.2) is 0 Å². The molecule has 128 valence electrons. The minimum Gasteiger partial charge on any atom is -0.455 e. The van der Waals surface area contributed by atoms with E-state index < -0.39 is 10.7 Å². The maximum atomic E-state index is 13.0. The number of para-hydroxylation sites is 1. The number of fused-ring (bicyclic) bond motifs is 2. The van der Waals surface area contributed by atoms with Gasteiger partial charge in [0.1, 0.15) is 15.5 Å². The number of likely N-dealkylation sites (N-methyl/N-ethyl adjacent to an activating group) is 1. The number of hydrogen-bond acceptors (Lipinski definition) is 4. The van der Waals surface area contributed by atoms with Gasteiger partial charge in [0.25, 0.3) is 0 Å². The highest BCUT2D eigenvalue weighted by molar-refractivity contribution is 8.10. The van der Waals surface area contributed by atoms with Gasteiger partial charge in [-0.2, -0.15) is 0 Å². The summed E-state index contributed by atoms with van der Waals surface area (Å²) in [6.07, 6.45) is 2.05. The van der Waals surface area contributed by atoms with Crippen molar-refractivity contribution in [3.05, 3.63) is 55.9 Å². The van der Waals surface area contributed by atoms with Gasteiger partial charge in [-0.25, -0.2) is 0 Å². The largest absolute Gasteiger partial charge is 0.455 e. The average Bonchev–Trinajstić information content (AvgIpc) is 2.61. The number of allylic oxidation sites excluding steroid dienone is 1. The third-order valence-electron chi connectivity index (χ3n) is 4.37. The molecule has 0 spiro atoms. The van der Waals surface area contributed by atoms with Gasteiger partial charge in [-0.15, -0.1) is 0 Å². The molecule has 0 saturated heterocycles. The van der Waals surface area contributed by atoms with Crippen molar-refractivity contribution in [2.75, 3.05) is 26.2 Å². The smallest absolute Gasteiger partial charge is 0.207 e. The van der Waals surface area contributed by atoms with Crippen molar-refractivity contribution in [3.8, 4) is 0 Å². The molecule has 2 aromatic rings. The molecule has 0 radical (unpaired) electrons. The van der Waals surface area contributed by atoms with Crippen LogP contribution in [0.4, 0.5) is 0 Å². The molecule has 0 bridgehead atoms. The van der Waals surface area contributed by atoms with Crippen molar-refractivity contribution < 1.29 is 4.42 Å². The van der Waals surface area contributed by atoms with E-state index in [0.29, 0.717) is 11.0 Å². The number of nitrogens with zero attached hydrogens (tertiary/aromatic N) is 1. The molecule has 3 rings (SSSR count). The first-order chi connectivity index (χ1) is 11.7. The highest BCUT2D eigenvalue weighted by atomic mass is 32.2. The first-order valence-electron chi connectivity index (χ1n) is 8.42. The lowest BCUT2D eigenvalue weighted by atomic mass is 10.2. The van der Waals surface area contributed by atoms with Crippen LogP contribution in [0.5, 0.6) is 0 Å². The van der Waals surface area contributed by atoms with Gasteiger partial charge in [-0.1, -0.05) is 36.7 Å². The molecule has 2 heterocycles. The van der Waals surface area contributed by atoms with Gasteiger partial charge in [-0.05, 0) is 49.2 Å². The highest BCUT2D eigenvalue weighted by Gasteiger charge is 2.11. The van der Waals surface area contributed by atoms with E-state index in [0.717, 1.165) is 41.7 Å². The molecule has 4 nitrogen and oxygen atoms in total. The molecule has 1 N–H and O–H groups in total. The molecule has 0 aliphatic carbocycles. The summed E-state index contributed by atoms with van der Waals surface area (Å²) in [5.74, 6) is 0. The molecule has 0 fully saturated rings. The summed E-state index contributed by atoms with van der Waals surface area (Å²) in [4.78, 5) is 15.4. The Morgan fingerprint density at radius 1 is 1.21 bits per heavy atom. The van der Waals surface area contributed by atoms with Gasteiger partial charge in [0, 0.05) is 13.1 Å². The van der Waals surface area contributed by atoms with Gasteiger partial charge >= 0.3 is 0 Å². The Balaban J connectivity index is 2.08. The van der Waals surface area contributed by atoms with Crippen molar-refractivity contribution >= 4 is 27.2 Å². The van der Waals surface area contributed by atoms with E-state index in [9.17, 15) is 4.79 Å². The summed E-state index contributed by atoms with van der Waals surface area (Å²) >= 11 is 0. The van der Waals surface area contributed by atoms with Crippen LogP contribution in [-0.4, -0.2) is 31.1 Å². The molecular weight excluding hydrogens is 320 g/mol. The molecule has 1 atom stereocenters. The number of benzene rings is 1. The fraction of sp³-hybridized carbons (Fsp3) is 0.368. The zero-order chi connectivity index (χ0) is 17.1. The second-order valence-electron chi connectivity index (χ2n) is 5.83. The highest BCUT2D eigenvalue weighted by Crippen LogP contribution is 2.19. The first kappa shape index (κ1) is 17.1. The lowest BCUT2D eigenvalue weighted by molar-refractivity contribution is 0.310. The summed E-state index contributed by atoms with van der Waals surface area (Å²) in [5, 5.41) is 2.74. The lowest BCUT2D eigenvalue weighted by Gasteiger charge is -2.19. The topological polar surface area (TPSA) is 45.5 Å². The van der Waals surface area contributed by atoms with Crippen LogP contribution < -0.4 is 15.6 Å². The lowest BCUT2D eigenvalue weighted by Crippen LogP contribution is -2.31. The molecule has 1 aliphatic heterocycles. The zero-order valence-electron chi connectivity index (χ0n) is 14.5. The van der Waals surface area contributed by atoms with E-state index in [2.05, 4.69) is 28.9 Å². The average molecular weight is 344 g/mol. The fourth-order valence-corrected chi connectivity index (χ4v) is 4.61. The van der Waals surface area contributed by atoms with E-state index in [1.807, 2.05) is 37.3 Å². The Morgan fingerprint density at radius 3 is 2.71 bits per heavy atom. The number of nitrogens with one attached hydrogen (secondary N) is 1. The van der Waals surface area contributed by atoms with E-state index in [1.165, 1.54) is 0 Å². The molecular formula is C19H24N2O2S. The van der Waals surface area contributed by atoms with Gasteiger partial charge in [0.05, 0.1) is 5.39 Å². The summed E-state index contributed by atoms with van der Waals surface area (Å²) in [5.41, 5.74) is 2.46. The number of rotatable bonds is 6. The van der Waals surface area contributed by atoms with Gasteiger partial charge < -0.3 is 9.32 Å². The maximum absolute atomic E-state index is 13.0. The standard InChI is InChI=1S/C19H24N2O2S/c1-4-21(5-2)12-11-20-24-13-10-14(3)18-19(24)17(22)15-8-6-7-9-16(15)23-18/h6-10,13,20H,4-5,11-12H2,1-3H3. The Morgan fingerprint density at radius 2 is 1.96 bits per heavy atom. The van der Waals surface area contributed by atoms with E-state index in [1.54, 1.807) is 0 Å². The molecule has 1 aliphatic rings. The Hall–Kier alpha value is -1.69. The first-order valence-corrected chi connectivity index (χ1v) is 9.71. The van der Waals surface area contributed by atoms with Crippen molar-refractivity contribution in [1.82, 2.24) is 9.62 Å². The molecule has 1 aromatic heterocycles. The van der Waals surface area contributed by atoms with Gasteiger partial charge in [0.2, 0.25) is 5.43 Å². The van der Waals surface area contributed by atoms with Crippen molar-refractivity contribution in [2.24, 2.45) is 0 Å². The Labute approximate surface area is 144 Å². The fourth-order valence-electron chi connectivity index (χ4n) is 2.87. The van der Waals surface area contributed by atoms with Crippen molar-refractivity contribution in [1.29, 1.82) is 0 Å². The van der Waals surface area contributed by atoms with Crippen molar-refractivity contribution in [2.45, 2.75) is 20.8 Å². The molecule has 1 unspecified atom stereocenters. The summed E-state index contributed by atoms with van der Waals surface area (Å²) in [7, 11) is -0.413. The maximum Gasteiger partial charge on any atom is 0.207 e. The minimum absolute atomic E-state index is 0.0780. The van der Waals surface area contributed by atoms with Crippen LogP contribution in [0.15, 0.2) is 45.0 Å². The second kappa shape index (κ2) is 7.47. The van der Waals surface area contributed by atoms with Crippen LogP contribution >= 0.6 is 10.7 Å². The predicted molar refractivity (Wildman–Crippen MR) is 103 cm³/mol. The van der Waals surface area contributed by atoms with Crippen LogP contribution in [-0.2, 0) is 0 Å². The second-order valence-corrected chi connectivity index (χ2v) is 7.47. The summed E-state index contributed by atoms with van der Waals surface area (Å²) in [6.45, 7) is 10.2. The summed E-state index contributed by atoms with van der Waals surface area (Å²) < 4.78 is 10.3. The molecule has 24 heavy (non-hydrogen) atoms. The van der Waals surface area contributed by atoms with Crippen LogP contribution in [0.1, 0.15) is 20.8 Å². The quantitative estimate of drug-likeness (QED) is 0.819. The number of hydrogen-bond donors (Lipinski definition) is 1. The van der Waals surface area contributed by atoms with Gasteiger partial charge in [-0.3, -0.25) is 9.52 Å². The summed E-state index contributed by atoms with van der Waals surface area (Å²) in [6, 6.07) is 7.47. The van der Waals surface area contributed by atoms with E-state index in [4.69, 9.17) is 4.42 Å². The Kier molecular flexibility index (Phi) is 5.33. The SMILES string of the molecule is CCN(CC)CCNS1=c2c(oc3ccccc3c2=O)=C(C)C=C1. The zero-order valence-corrected chi connectivity index (χ0v) is 15.3. The minimum atomic E-state index is -0.413. The Bertz CT molecular complexity index is 955. The van der Waals surface area contributed by atoms with Crippen LogP contribution in [0.3, 0.4) is 0 Å². The van der Waals surface area contributed by atoms with E-state index in [-0.39, 0.29) is 5.43 Å². The van der Waals surface area contributed by atoms with Crippen LogP contribution in [0.25, 0.3) is 16.5 Å². The third-order valence-corrected chi connectivity index (χ3v) is 6.10. The van der Waals surface area contributed by atoms with Crippen LogP contribution in [0, 0.1) is 4.51 Å². The monoisotopic (exact) mass is 344 g/mol. The third kappa shape index (κ3) is 3.24. The molecule has 0 amide bonds. The predicted octanol–water partition coefficient (Wildman–Crippen LogP) is 2.86. The molecule has 1 aromatic carbocycles. The molecule has 0 saturated carbocycles. The normalized spacial score (nSPS) is 16.8. The van der Waals surface area contributed by atoms with Crippen LogP contribution in [0.2, 0.25) is 0 Å². The van der Waals surface area contributed by atoms with Crippen molar-refractivity contribution in [3.63, 3.8) is 0 Å². The molecule has 5 heteroatoms.